The molecule has 3 N–H and O–H groups in total. The van der Waals surface area contributed by atoms with E-state index in [-0.39, 0.29) is 23.3 Å². The van der Waals surface area contributed by atoms with Gasteiger partial charge in [0.05, 0.1) is 16.5 Å². The Hall–Kier alpha value is -2.67. The van der Waals surface area contributed by atoms with E-state index in [0.29, 0.717) is 25.7 Å². The molecule has 0 radical (unpaired) electrons. The lowest BCUT2D eigenvalue weighted by atomic mass is 9.85. The smallest absolute Gasteiger partial charge is 0.416 e. The summed E-state index contributed by atoms with van der Waals surface area (Å²) in [6, 6.07) is 10.5. The molecule has 1 saturated carbocycles. The molecule has 1 aliphatic rings. The van der Waals surface area contributed by atoms with Gasteiger partial charge in [-0.05, 0) is 74.2 Å². The fourth-order valence-corrected chi connectivity index (χ4v) is 5.51. The van der Waals surface area contributed by atoms with Crippen LogP contribution in [0.4, 0.5) is 13.2 Å². The Kier molecular flexibility index (Phi) is 10.2. The number of alkyl halides is 3. The summed E-state index contributed by atoms with van der Waals surface area (Å²) < 4.78 is 71.4. The third-order valence-electron chi connectivity index (χ3n) is 6.34. The molecule has 0 saturated heterocycles. The predicted molar refractivity (Wildman–Crippen MR) is 134 cm³/mol. The Labute approximate surface area is 224 Å². The molecule has 2 atom stereocenters. The highest BCUT2D eigenvalue weighted by Crippen LogP contribution is 2.30. The number of carbonyl (C=O) groups excluding carboxylic acids is 2. The Morgan fingerprint density at radius 3 is 2.18 bits per heavy atom. The number of esters is 1. The minimum Gasteiger partial charge on any atom is -0.462 e. The van der Waals surface area contributed by atoms with E-state index in [9.17, 15) is 31.2 Å². The summed E-state index contributed by atoms with van der Waals surface area (Å²) in [6.45, 7) is 1.44. The summed E-state index contributed by atoms with van der Waals surface area (Å²) in [4.78, 5) is 27.1. The molecule has 0 unspecified atom stereocenters. The van der Waals surface area contributed by atoms with Crippen LogP contribution < -0.4 is 14.9 Å². The second-order valence-corrected chi connectivity index (χ2v) is 11.1. The van der Waals surface area contributed by atoms with Crippen molar-refractivity contribution in [3.63, 3.8) is 0 Å². The van der Waals surface area contributed by atoms with Crippen molar-refractivity contribution in [2.45, 2.75) is 61.8 Å². The van der Waals surface area contributed by atoms with Gasteiger partial charge in [-0.2, -0.15) is 13.2 Å². The number of carbonyl (C=O) groups is 2. The van der Waals surface area contributed by atoms with Crippen molar-refractivity contribution < 1.29 is 35.9 Å². The van der Waals surface area contributed by atoms with Gasteiger partial charge >= 0.3 is 12.1 Å². The number of halogens is 4. The molecule has 0 aliphatic heterocycles. The molecule has 3 rings (SSSR count). The predicted octanol–water partition coefficient (Wildman–Crippen LogP) is 4.08. The molecule has 0 heterocycles. The summed E-state index contributed by atoms with van der Waals surface area (Å²) in [5.74, 6) is -1.20. The largest absolute Gasteiger partial charge is 0.462 e. The number of sulfonamides is 1. The van der Waals surface area contributed by atoms with E-state index in [0.717, 1.165) is 29.8 Å². The molecule has 0 bridgehead atoms. The number of amides is 1. The molecule has 0 aromatic heterocycles. The highest BCUT2D eigenvalue weighted by molar-refractivity contribution is 7.89. The quantitative estimate of drug-likeness (QED) is 0.291. The molecular weight excluding hydrogens is 547 g/mol. The molecule has 1 amide bonds. The molecule has 2 aromatic carbocycles. The zero-order valence-electron chi connectivity index (χ0n) is 20.5. The average Bonchev–Trinajstić information content (AvgIpc) is 2.90. The van der Waals surface area contributed by atoms with Gasteiger partial charge in [-0.3, -0.25) is 9.59 Å². The van der Waals surface area contributed by atoms with Gasteiger partial charge in [-0.25, -0.2) is 18.0 Å². The SMILES string of the molecule is C[C@H](NCl)C(=O)OC[C@@H](NC(=O)[C@H]1CC[C@H](NS(=O)(=O)c2ccc(C(F)(F)F)cc2)CC1)c1ccccc1. The normalized spacial score (nSPS) is 19.8. The van der Waals surface area contributed by atoms with Gasteiger partial charge in [0, 0.05) is 12.0 Å². The monoisotopic (exact) mass is 575 g/mol. The molecule has 13 heteroatoms. The summed E-state index contributed by atoms with van der Waals surface area (Å²) in [5.41, 5.74) is -0.185. The van der Waals surface area contributed by atoms with E-state index in [4.69, 9.17) is 16.5 Å². The van der Waals surface area contributed by atoms with Crippen LogP contribution in [0.1, 0.15) is 49.8 Å². The summed E-state index contributed by atoms with van der Waals surface area (Å²) in [6.07, 6.45) is -3.00. The Morgan fingerprint density at radius 1 is 1.03 bits per heavy atom. The fourth-order valence-electron chi connectivity index (χ4n) is 4.12. The lowest BCUT2D eigenvalue weighted by Crippen LogP contribution is -2.42. The van der Waals surface area contributed by atoms with Crippen LogP contribution in [0.2, 0.25) is 0 Å². The van der Waals surface area contributed by atoms with Crippen LogP contribution >= 0.6 is 11.8 Å². The van der Waals surface area contributed by atoms with Crippen molar-refractivity contribution in [1.82, 2.24) is 14.9 Å². The molecule has 208 valence electrons. The van der Waals surface area contributed by atoms with Crippen molar-refractivity contribution in [1.29, 1.82) is 0 Å². The third kappa shape index (κ3) is 8.16. The molecule has 8 nitrogen and oxygen atoms in total. The van der Waals surface area contributed by atoms with Gasteiger partial charge in [0.25, 0.3) is 0 Å². The fraction of sp³-hybridized carbons (Fsp3) is 0.440. The first-order valence-electron chi connectivity index (χ1n) is 12.0. The summed E-state index contributed by atoms with van der Waals surface area (Å²) >= 11 is 5.47. The number of benzene rings is 2. The van der Waals surface area contributed by atoms with Crippen LogP contribution in [-0.2, 0) is 30.5 Å². The lowest BCUT2D eigenvalue weighted by Gasteiger charge is -2.29. The van der Waals surface area contributed by atoms with Crippen molar-refractivity contribution in [2.75, 3.05) is 6.61 Å². The van der Waals surface area contributed by atoms with Crippen molar-refractivity contribution in [3.8, 4) is 0 Å². The van der Waals surface area contributed by atoms with E-state index in [2.05, 4.69) is 14.9 Å². The highest BCUT2D eigenvalue weighted by Gasteiger charge is 2.33. The second-order valence-electron chi connectivity index (χ2n) is 9.12. The zero-order chi connectivity index (χ0) is 27.9. The zero-order valence-corrected chi connectivity index (χ0v) is 22.1. The van der Waals surface area contributed by atoms with Gasteiger partial charge in [0.2, 0.25) is 15.9 Å². The Morgan fingerprint density at radius 2 is 1.63 bits per heavy atom. The third-order valence-corrected chi connectivity index (χ3v) is 8.20. The molecule has 1 fully saturated rings. The van der Waals surface area contributed by atoms with Crippen LogP contribution in [0.5, 0.6) is 0 Å². The van der Waals surface area contributed by atoms with Crippen molar-refractivity contribution in [3.05, 3.63) is 65.7 Å². The van der Waals surface area contributed by atoms with Gasteiger partial charge in [-0.1, -0.05) is 30.3 Å². The minimum atomic E-state index is -4.56. The first kappa shape index (κ1) is 29.9. The number of ether oxygens (including phenoxy) is 1. The maximum Gasteiger partial charge on any atom is 0.416 e. The van der Waals surface area contributed by atoms with Crippen molar-refractivity contribution in [2.24, 2.45) is 5.92 Å². The van der Waals surface area contributed by atoms with Gasteiger partial charge in [0.15, 0.2) is 0 Å². The van der Waals surface area contributed by atoms with E-state index in [1.807, 2.05) is 6.07 Å². The van der Waals surface area contributed by atoms with E-state index >= 15 is 0 Å². The molecule has 38 heavy (non-hydrogen) atoms. The van der Waals surface area contributed by atoms with Gasteiger partial charge < -0.3 is 10.1 Å². The second kappa shape index (κ2) is 12.9. The molecule has 2 aromatic rings. The van der Waals surface area contributed by atoms with Gasteiger partial charge in [0.1, 0.15) is 12.6 Å². The maximum absolute atomic E-state index is 13.0. The summed E-state index contributed by atoms with van der Waals surface area (Å²) in [5, 5.41) is 2.92. The van der Waals surface area contributed by atoms with E-state index in [1.54, 1.807) is 24.3 Å². The van der Waals surface area contributed by atoms with E-state index < -0.39 is 45.9 Å². The van der Waals surface area contributed by atoms with Crippen molar-refractivity contribution >= 4 is 33.7 Å². The lowest BCUT2D eigenvalue weighted by molar-refractivity contribution is -0.146. The first-order valence-corrected chi connectivity index (χ1v) is 13.8. The molecule has 0 spiro atoms. The average molecular weight is 576 g/mol. The number of hydrogen-bond acceptors (Lipinski definition) is 6. The molecular formula is C25H29ClF3N3O5S. The van der Waals surface area contributed by atoms with Gasteiger partial charge in [-0.15, -0.1) is 0 Å². The standard InChI is InChI=1S/C25H29ClF3N3O5S/c1-16(31-26)24(34)37-15-22(17-5-3-2-4-6-17)30-23(33)18-7-11-20(12-8-18)32-38(35,36)21-13-9-19(10-14-21)25(27,28)29/h2-6,9-10,13-14,16,18,20,22,31-32H,7-8,11-12,15H2,1H3,(H,30,33)/t16-,18-,20-,22+/m0/s1. The van der Waals surface area contributed by atoms with Crippen LogP contribution in [-0.4, -0.2) is 39.0 Å². The maximum atomic E-state index is 13.0. The Balaban J connectivity index is 1.57. The number of nitrogens with one attached hydrogen (secondary N) is 3. The first-order chi connectivity index (χ1) is 17.9. The number of rotatable bonds is 10. The Bertz CT molecular complexity index is 1190. The molecule has 1 aliphatic carbocycles. The summed E-state index contributed by atoms with van der Waals surface area (Å²) in [7, 11) is -4.02. The topological polar surface area (TPSA) is 114 Å². The highest BCUT2D eigenvalue weighted by atomic mass is 35.5. The van der Waals surface area contributed by atoms with Crippen LogP contribution in [0.3, 0.4) is 0 Å². The number of hydrogen-bond donors (Lipinski definition) is 3. The minimum absolute atomic E-state index is 0.0975. The van der Waals surface area contributed by atoms with Crippen LogP contribution in [0, 0.1) is 5.92 Å². The van der Waals surface area contributed by atoms with Crippen LogP contribution in [0.15, 0.2) is 59.5 Å². The van der Waals surface area contributed by atoms with Crippen LogP contribution in [0.25, 0.3) is 0 Å². The van der Waals surface area contributed by atoms with E-state index in [1.165, 1.54) is 6.92 Å².